The Labute approximate surface area is 133 Å². The molecule has 0 aliphatic carbocycles. The zero-order valence-electron chi connectivity index (χ0n) is 13.1. The molecule has 0 saturated heterocycles. The van der Waals surface area contributed by atoms with Crippen molar-refractivity contribution in [3.63, 3.8) is 0 Å². The van der Waals surface area contributed by atoms with E-state index in [4.69, 9.17) is 15.3 Å². The summed E-state index contributed by atoms with van der Waals surface area (Å²) in [4.78, 5) is 11.1. The summed E-state index contributed by atoms with van der Waals surface area (Å²) in [6.07, 6.45) is 1.56. The predicted molar refractivity (Wildman–Crippen MR) is 85.0 cm³/mol. The number of benzene rings is 1. The van der Waals surface area contributed by atoms with Crippen molar-refractivity contribution < 1.29 is 14.3 Å². The number of aromatic nitrogens is 3. The molecule has 9 nitrogen and oxygen atoms in total. The van der Waals surface area contributed by atoms with Gasteiger partial charge in [-0.2, -0.15) is 5.10 Å². The van der Waals surface area contributed by atoms with Gasteiger partial charge in [0.05, 0.1) is 12.8 Å². The van der Waals surface area contributed by atoms with Crippen LogP contribution in [0.3, 0.4) is 0 Å². The van der Waals surface area contributed by atoms with Crippen LogP contribution in [0.1, 0.15) is 25.2 Å². The van der Waals surface area contributed by atoms with Crippen LogP contribution in [0.2, 0.25) is 0 Å². The van der Waals surface area contributed by atoms with E-state index in [1.165, 1.54) is 11.6 Å². The van der Waals surface area contributed by atoms with Crippen molar-refractivity contribution in [3.05, 3.63) is 29.6 Å². The lowest BCUT2D eigenvalue weighted by molar-refractivity contribution is -0.132. The quantitative estimate of drug-likeness (QED) is 0.269. The van der Waals surface area contributed by atoms with Gasteiger partial charge in [-0.15, -0.1) is 10.2 Å². The second kappa shape index (κ2) is 7.25. The number of rotatable bonds is 6. The van der Waals surface area contributed by atoms with Gasteiger partial charge in [0, 0.05) is 6.92 Å². The highest BCUT2D eigenvalue weighted by Crippen LogP contribution is 2.28. The van der Waals surface area contributed by atoms with E-state index in [2.05, 4.69) is 20.7 Å². The molecular formula is C14H18N6O3. The van der Waals surface area contributed by atoms with E-state index in [9.17, 15) is 4.79 Å². The summed E-state index contributed by atoms with van der Waals surface area (Å²) in [5, 5.41) is 11.7. The summed E-state index contributed by atoms with van der Waals surface area (Å²) in [5.74, 6) is 7.00. The topological polar surface area (TPSA) is 117 Å². The SMILES string of the molecule is CCOc1cc(C=NNc2nnc(C)n2N)ccc1OC(C)=O. The number of nitrogen functional groups attached to an aromatic ring is 1. The molecule has 0 aliphatic heterocycles. The Balaban J connectivity index is 2.13. The van der Waals surface area contributed by atoms with Crippen LogP contribution in [-0.4, -0.2) is 33.7 Å². The number of aryl methyl sites for hydroxylation is 1. The largest absolute Gasteiger partial charge is 0.490 e. The van der Waals surface area contributed by atoms with Crippen molar-refractivity contribution in [3.8, 4) is 11.5 Å². The number of ether oxygens (including phenoxy) is 2. The van der Waals surface area contributed by atoms with E-state index >= 15 is 0 Å². The molecule has 3 N–H and O–H groups in total. The molecule has 0 fully saturated rings. The molecule has 0 amide bonds. The lowest BCUT2D eigenvalue weighted by Crippen LogP contribution is -2.13. The lowest BCUT2D eigenvalue weighted by Gasteiger charge is -2.10. The molecule has 2 aromatic rings. The van der Waals surface area contributed by atoms with E-state index in [0.29, 0.717) is 29.9 Å². The second-order valence-corrected chi connectivity index (χ2v) is 4.54. The Morgan fingerprint density at radius 3 is 2.83 bits per heavy atom. The summed E-state index contributed by atoms with van der Waals surface area (Å²) >= 11 is 0. The summed E-state index contributed by atoms with van der Waals surface area (Å²) in [6.45, 7) is 5.35. The van der Waals surface area contributed by atoms with Gasteiger partial charge in [-0.1, -0.05) is 0 Å². The van der Waals surface area contributed by atoms with Crippen molar-refractivity contribution >= 4 is 18.1 Å². The van der Waals surface area contributed by atoms with Gasteiger partial charge < -0.3 is 15.3 Å². The van der Waals surface area contributed by atoms with E-state index < -0.39 is 5.97 Å². The number of nitrogens with two attached hydrogens (primary N) is 1. The van der Waals surface area contributed by atoms with Crippen molar-refractivity contribution in [1.82, 2.24) is 14.9 Å². The van der Waals surface area contributed by atoms with E-state index in [1.807, 2.05) is 6.92 Å². The molecule has 9 heteroatoms. The minimum atomic E-state index is -0.410. The third-order valence-electron chi connectivity index (χ3n) is 2.77. The maximum Gasteiger partial charge on any atom is 0.308 e. The third kappa shape index (κ3) is 4.19. The number of anilines is 1. The predicted octanol–water partition coefficient (Wildman–Crippen LogP) is 1.07. The first-order valence-corrected chi connectivity index (χ1v) is 6.92. The highest BCUT2D eigenvalue weighted by atomic mass is 16.6. The van der Waals surface area contributed by atoms with Crippen LogP contribution in [0.25, 0.3) is 0 Å². The van der Waals surface area contributed by atoms with E-state index in [1.54, 1.807) is 31.3 Å². The molecule has 0 unspecified atom stereocenters. The van der Waals surface area contributed by atoms with Crippen LogP contribution in [0.15, 0.2) is 23.3 Å². The highest BCUT2D eigenvalue weighted by molar-refractivity contribution is 5.82. The number of carbonyl (C=O) groups excluding carboxylic acids is 1. The molecule has 122 valence electrons. The van der Waals surface area contributed by atoms with Gasteiger partial charge in [0.2, 0.25) is 0 Å². The fraction of sp³-hybridized carbons (Fsp3) is 0.286. The van der Waals surface area contributed by atoms with E-state index in [0.717, 1.165) is 5.56 Å². The molecule has 0 atom stereocenters. The van der Waals surface area contributed by atoms with Gasteiger partial charge >= 0.3 is 5.97 Å². The van der Waals surface area contributed by atoms with E-state index in [-0.39, 0.29) is 0 Å². The highest BCUT2D eigenvalue weighted by Gasteiger charge is 2.08. The Morgan fingerprint density at radius 2 is 2.22 bits per heavy atom. The van der Waals surface area contributed by atoms with Gasteiger partial charge in [-0.3, -0.25) is 4.79 Å². The number of esters is 1. The Bertz CT molecular complexity index is 725. The number of carbonyl (C=O) groups is 1. The molecule has 1 aromatic heterocycles. The average Bonchev–Trinajstić information content (AvgIpc) is 2.82. The normalized spacial score (nSPS) is 10.7. The van der Waals surface area contributed by atoms with Crippen molar-refractivity contribution in [1.29, 1.82) is 0 Å². The van der Waals surface area contributed by atoms with Gasteiger partial charge in [0.1, 0.15) is 0 Å². The number of hydrogen-bond donors (Lipinski definition) is 2. The van der Waals surface area contributed by atoms with Crippen LogP contribution in [-0.2, 0) is 4.79 Å². The molecule has 1 aromatic carbocycles. The van der Waals surface area contributed by atoms with Crippen molar-refractivity contribution in [2.24, 2.45) is 5.10 Å². The zero-order chi connectivity index (χ0) is 16.8. The van der Waals surface area contributed by atoms with Gasteiger partial charge in [0.25, 0.3) is 5.95 Å². The van der Waals surface area contributed by atoms with Crippen molar-refractivity contribution in [2.75, 3.05) is 17.9 Å². The van der Waals surface area contributed by atoms with Gasteiger partial charge in [-0.25, -0.2) is 10.1 Å². The number of hydrogen-bond acceptors (Lipinski definition) is 8. The van der Waals surface area contributed by atoms with Gasteiger partial charge in [0.15, 0.2) is 17.3 Å². The zero-order valence-corrected chi connectivity index (χ0v) is 13.1. The maximum atomic E-state index is 11.1. The first kappa shape index (κ1) is 16.3. The molecule has 0 aliphatic rings. The summed E-state index contributed by atoms with van der Waals surface area (Å²) in [6, 6.07) is 5.10. The maximum absolute atomic E-state index is 11.1. The molecule has 0 spiro atoms. The lowest BCUT2D eigenvalue weighted by atomic mass is 10.2. The Hall–Kier alpha value is -3.10. The first-order chi connectivity index (χ1) is 11.0. The Morgan fingerprint density at radius 1 is 1.43 bits per heavy atom. The van der Waals surface area contributed by atoms with Crippen LogP contribution >= 0.6 is 0 Å². The first-order valence-electron chi connectivity index (χ1n) is 6.92. The molecular weight excluding hydrogens is 300 g/mol. The molecule has 1 heterocycles. The Kier molecular flexibility index (Phi) is 5.13. The minimum Gasteiger partial charge on any atom is -0.490 e. The fourth-order valence-corrected chi connectivity index (χ4v) is 1.72. The van der Waals surface area contributed by atoms with Crippen LogP contribution in [0.5, 0.6) is 11.5 Å². The minimum absolute atomic E-state index is 0.320. The number of nitrogens with one attached hydrogen (secondary N) is 1. The monoisotopic (exact) mass is 318 g/mol. The molecule has 23 heavy (non-hydrogen) atoms. The summed E-state index contributed by atoms with van der Waals surface area (Å²) in [7, 11) is 0. The van der Waals surface area contributed by atoms with Crippen LogP contribution in [0.4, 0.5) is 5.95 Å². The number of hydrazone groups is 1. The van der Waals surface area contributed by atoms with Crippen LogP contribution < -0.4 is 20.7 Å². The third-order valence-corrected chi connectivity index (χ3v) is 2.77. The molecule has 0 saturated carbocycles. The fourth-order valence-electron chi connectivity index (χ4n) is 1.72. The molecule has 0 radical (unpaired) electrons. The average molecular weight is 318 g/mol. The summed E-state index contributed by atoms with van der Waals surface area (Å²) in [5.41, 5.74) is 3.44. The van der Waals surface area contributed by atoms with Gasteiger partial charge in [-0.05, 0) is 37.6 Å². The molecule has 2 rings (SSSR count). The number of nitrogens with zero attached hydrogens (tertiary/aromatic N) is 4. The smallest absolute Gasteiger partial charge is 0.308 e. The summed E-state index contributed by atoms with van der Waals surface area (Å²) < 4.78 is 11.8. The second-order valence-electron chi connectivity index (χ2n) is 4.54. The molecule has 0 bridgehead atoms. The van der Waals surface area contributed by atoms with Crippen molar-refractivity contribution in [2.45, 2.75) is 20.8 Å². The van der Waals surface area contributed by atoms with Crippen LogP contribution in [0, 0.1) is 6.92 Å². The standard InChI is InChI=1S/C14H18N6O3/c1-4-22-13-7-11(5-6-12(13)23-10(3)21)8-16-18-14-19-17-9(2)20(14)15/h5-8H,4,15H2,1-3H3,(H,18,19).